The quantitative estimate of drug-likeness (QED) is 0.558. The summed E-state index contributed by atoms with van der Waals surface area (Å²) in [4.78, 5) is 9.70. The summed E-state index contributed by atoms with van der Waals surface area (Å²) in [6.45, 7) is 0. The van der Waals surface area contributed by atoms with Gasteiger partial charge in [-0.25, -0.2) is 0 Å². The maximum absolute atomic E-state index is 10.2. The minimum atomic E-state index is -0.452. The van der Waals surface area contributed by atoms with Gasteiger partial charge in [0, 0.05) is 10.8 Å². The van der Waals surface area contributed by atoms with Crippen LogP contribution in [0.25, 0.3) is 16.2 Å². The van der Waals surface area contributed by atoms with Gasteiger partial charge in [0.2, 0.25) is 6.20 Å². The van der Waals surface area contributed by atoms with Gasteiger partial charge in [0.15, 0.2) is 0 Å². The Kier molecular flexibility index (Phi) is 2.28. The van der Waals surface area contributed by atoms with Crippen molar-refractivity contribution in [3.8, 4) is 0 Å². The standard InChI is InChI=1S/C10H7NO2S/c12-11(13)6-5-8-7-14-10-4-2-1-3-9(8)10/h1-7H. The SMILES string of the molecule is O=[N+]([O-])C=Cc1csc2ccccc12. The van der Waals surface area contributed by atoms with Gasteiger partial charge in [-0.05, 0) is 22.4 Å². The second-order valence-electron chi connectivity index (χ2n) is 2.79. The average molecular weight is 205 g/mol. The third kappa shape index (κ3) is 1.65. The number of nitro groups is 1. The van der Waals surface area contributed by atoms with E-state index in [1.807, 2.05) is 29.6 Å². The first-order valence-electron chi connectivity index (χ1n) is 4.05. The van der Waals surface area contributed by atoms with Crippen LogP contribution in [0.2, 0.25) is 0 Å². The van der Waals surface area contributed by atoms with E-state index in [-0.39, 0.29) is 0 Å². The fourth-order valence-corrected chi connectivity index (χ4v) is 2.20. The summed E-state index contributed by atoms with van der Waals surface area (Å²) in [5.41, 5.74) is 0.905. The Morgan fingerprint density at radius 3 is 2.93 bits per heavy atom. The highest BCUT2D eigenvalue weighted by Crippen LogP contribution is 2.26. The first kappa shape index (κ1) is 8.90. The minimum absolute atomic E-state index is 0.452. The van der Waals surface area contributed by atoms with E-state index in [9.17, 15) is 10.1 Å². The van der Waals surface area contributed by atoms with E-state index in [0.29, 0.717) is 0 Å². The highest BCUT2D eigenvalue weighted by molar-refractivity contribution is 7.17. The van der Waals surface area contributed by atoms with Gasteiger partial charge in [0.1, 0.15) is 0 Å². The molecule has 0 unspecified atom stereocenters. The number of benzene rings is 1. The van der Waals surface area contributed by atoms with Crippen LogP contribution in [-0.4, -0.2) is 4.92 Å². The zero-order chi connectivity index (χ0) is 9.97. The third-order valence-corrected chi connectivity index (χ3v) is 2.87. The first-order chi connectivity index (χ1) is 6.77. The van der Waals surface area contributed by atoms with Crippen LogP contribution in [0.1, 0.15) is 5.56 Å². The van der Waals surface area contributed by atoms with Gasteiger partial charge in [-0.3, -0.25) is 10.1 Å². The molecule has 2 rings (SSSR count). The number of nitrogens with zero attached hydrogens (tertiary/aromatic N) is 1. The topological polar surface area (TPSA) is 43.1 Å². The number of hydrogen-bond donors (Lipinski definition) is 0. The van der Waals surface area contributed by atoms with Gasteiger partial charge in [-0.1, -0.05) is 18.2 Å². The Bertz CT molecular complexity index is 502. The molecule has 0 aliphatic rings. The Hall–Kier alpha value is -1.68. The lowest BCUT2D eigenvalue weighted by Gasteiger charge is -1.88. The van der Waals surface area contributed by atoms with Gasteiger partial charge in [-0.2, -0.15) is 0 Å². The van der Waals surface area contributed by atoms with E-state index >= 15 is 0 Å². The van der Waals surface area contributed by atoms with E-state index in [1.54, 1.807) is 11.3 Å². The molecule has 0 amide bonds. The second-order valence-corrected chi connectivity index (χ2v) is 3.70. The second kappa shape index (κ2) is 3.59. The molecule has 0 saturated carbocycles. The van der Waals surface area contributed by atoms with Crippen LogP contribution in [0.4, 0.5) is 0 Å². The Morgan fingerprint density at radius 2 is 2.14 bits per heavy atom. The monoisotopic (exact) mass is 205 g/mol. The van der Waals surface area contributed by atoms with E-state index < -0.39 is 4.92 Å². The number of thiophene rings is 1. The summed E-state index contributed by atoms with van der Waals surface area (Å²) in [5, 5.41) is 13.1. The number of hydrogen-bond acceptors (Lipinski definition) is 3. The van der Waals surface area contributed by atoms with Crippen molar-refractivity contribution in [2.75, 3.05) is 0 Å². The fourth-order valence-electron chi connectivity index (χ4n) is 1.27. The lowest BCUT2D eigenvalue weighted by molar-refractivity contribution is -0.400. The third-order valence-electron chi connectivity index (χ3n) is 1.89. The lowest BCUT2D eigenvalue weighted by Crippen LogP contribution is -1.81. The summed E-state index contributed by atoms with van der Waals surface area (Å²) < 4.78 is 1.15. The molecule has 1 aromatic heterocycles. The Balaban J connectivity index is 2.48. The van der Waals surface area contributed by atoms with Gasteiger partial charge >= 0.3 is 0 Å². The molecule has 0 N–H and O–H groups in total. The maximum Gasteiger partial charge on any atom is 0.235 e. The summed E-state index contributed by atoms with van der Waals surface area (Å²) in [6.07, 6.45) is 2.49. The molecule has 0 radical (unpaired) electrons. The predicted octanol–water partition coefficient (Wildman–Crippen LogP) is 3.15. The molecule has 0 spiro atoms. The molecule has 0 saturated heterocycles. The van der Waals surface area contributed by atoms with Crippen LogP contribution in [0.5, 0.6) is 0 Å². The van der Waals surface area contributed by atoms with Gasteiger partial charge in [-0.15, -0.1) is 11.3 Å². The number of fused-ring (bicyclic) bond motifs is 1. The smallest absolute Gasteiger partial charge is 0.235 e. The van der Waals surface area contributed by atoms with E-state index in [1.165, 1.54) is 6.08 Å². The molecule has 14 heavy (non-hydrogen) atoms. The average Bonchev–Trinajstić information content (AvgIpc) is 2.58. The molecule has 0 aliphatic carbocycles. The highest BCUT2D eigenvalue weighted by Gasteiger charge is 2.00. The lowest BCUT2D eigenvalue weighted by atomic mass is 10.2. The largest absolute Gasteiger partial charge is 0.259 e. The first-order valence-corrected chi connectivity index (χ1v) is 4.93. The molecule has 0 bridgehead atoms. The summed E-state index contributed by atoms with van der Waals surface area (Å²) in [7, 11) is 0. The van der Waals surface area contributed by atoms with Gasteiger partial charge in [0.05, 0.1) is 4.92 Å². The van der Waals surface area contributed by atoms with E-state index in [2.05, 4.69) is 0 Å². The van der Waals surface area contributed by atoms with Crippen LogP contribution in [0.15, 0.2) is 35.8 Å². The highest BCUT2D eigenvalue weighted by atomic mass is 32.1. The van der Waals surface area contributed by atoms with Crippen LogP contribution >= 0.6 is 11.3 Å². The van der Waals surface area contributed by atoms with Crippen molar-refractivity contribution in [2.45, 2.75) is 0 Å². The summed E-state index contributed by atoms with van der Waals surface area (Å²) in [6, 6.07) is 7.85. The molecule has 0 atom stereocenters. The summed E-state index contributed by atoms with van der Waals surface area (Å²) >= 11 is 1.59. The van der Waals surface area contributed by atoms with Crippen LogP contribution in [0, 0.1) is 10.1 Å². The molecular formula is C10H7NO2S. The van der Waals surface area contributed by atoms with Crippen molar-refractivity contribution in [3.63, 3.8) is 0 Å². The Morgan fingerprint density at radius 1 is 1.36 bits per heavy atom. The van der Waals surface area contributed by atoms with E-state index in [4.69, 9.17) is 0 Å². The predicted molar refractivity (Wildman–Crippen MR) is 57.9 cm³/mol. The molecule has 70 valence electrons. The minimum Gasteiger partial charge on any atom is -0.259 e. The van der Waals surface area contributed by atoms with Crippen molar-refractivity contribution in [1.82, 2.24) is 0 Å². The Labute approximate surface area is 84.4 Å². The van der Waals surface area contributed by atoms with Crippen molar-refractivity contribution < 1.29 is 4.92 Å². The van der Waals surface area contributed by atoms with E-state index in [0.717, 1.165) is 21.8 Å². The van der Waals surface area contributed by atoms with Gasteiger partial charge < -0.3 is 0 Å². The van der Waals surface area contributed by atoms with Crippen LogP contribution < -0.4 is 0 Å². The molecule has 0 fully saturated rings. The fraction of sp³-hybridized carbons (Fsp3) is 0. The molecule has 4 heteroatoms. The molecular weight excluding hydrogens is 198 g/mol. The molecule has 0 aliphatic heterocycles. The number of rotatable bonds is 2. The maximum atomic E-state index is 10.2. The molecule has 3 nitrogen and oxygen atoms in total. The molecule has 1 heterocycles. The van der Waals surface area contributed by atoms with Crippen LogP contribution in [-0.2, 0) is 0 Å². The van der Waals surface area contributed by atoms with Crippen molar-refractivity contribution in [2.24, 2.45) is 0 Å². The molecule has 2 aromatic rings. The summed E-state index contributed by atoms with van der Waals surface area (Å²) in [5.74, 6) is 0. The zero-order valence-corrected chi connectivity index (χ0v) is 8.03. The zero-order valence-electron chi connectivity index (χ0n) is 7.21. The van der Waals surface area contributed by atoms with Crippen molar-refractivity contribution in [1.29, 1.82) is 0 Å². The van der Waals surface area contributed by atoms with Crippen LogP contribution in [0.3, 0.4) is 0 Å². The normalized spacial score (nSPS) is 11.1. The van der Waals surface area contributed by atoms with Gasteiger partial charge in [0.25, 0.3) is 0 Å². The van der Waals surface area contributed by atoms with Crippen molar-refractivity contribution >= 4 is 27.5 Å². The molecule has 1 aromatic carbocycles. The van der Waals surface area contributed by atoms with Crippen molar-refractivity contribution in [3.05, 3.63) is 51.5 Å².